The Morgan fingerprint density at radius 1 is 0.368 bits per heavy atom. The van der Waals surface area contributed by atoms with Crippen molar-refractivity contribution in [3.63, 3.8) is 0 Å². The van der Waals surface area contributed by atoms with Crippen molar-refractivity contribution in [3.8, 4) is 0 Å². The molecule has 0 radical (unpaired) electrons. The number of hydrogen-bond acceptors (Lipinski definition) is 6. The first-order chi connectivity index (χ1) is 28.0. The van der Waals surface area contributed by atoms with Crippen LogP contribution < -0.4 is 0 Å². The maximum Gasteiger partial charge on any atom is 0.306 e. The van der Waals surface area contributed by atoms with Gasteiger partial charge in [0.15, 0.2) is 6.10 Å². The van der Waals surface area contributed by atoms with Gasteiger partial charge in [-0.3, -0.25) is 14.4 Å². The van der Waals surface area contributed by atoms with E-state index in [0.29, 0.717) is 19.3 Å². The molecule has 0 spiro atoms. The molecular formula is C51H90O6. The molecule has 330 valence electrons. The molecule has 0 unspecified atom stereocenters. The van der Waals surface area contributed by atoms with Gasteiger partial charge in [-0.2, -0.15) is 0 Å². The highest BCUT2D eigenvalue weighted by Crippen LogP contribution is 2.15. The van der Waals surface area contributed by atoms with Crippen LogP contribution in [0.15, 0.2) is 48.6 Å². The van der Waals surface area contributed by atoms with Gasteiger partial charge in [0, 0.05) is 19.3 Å². The number of allylic oxidation sites excluding steroid dienone is 8. The minimum Gasteiger partial charge on any atom is -0.462 e. The van der Waals surface area contributed by atoms with Gasteiger partial charge in [-0.05, 0) is 70.6 Å². The fraction of sp³-hybridized carbons (Fsp3) is 0.784. The Hall–Kier alpha value is -2.63. The molecule has 6 nitrogen and oxygen atoms in total. The summed E-state index contributed by atoms with van der Waals surface area (Å²) in [6.07, 6.45) is 53.7. The normalized spacial score (nSPS) is 12.4. The van der Waals surface area contributed by atoms with Gasteiger partial charge < -0.3 is 14.2 Å². The molecule has 0 aliphatic rings. The van der Waals surface area contributed by atoms with Crippen molar-refractivity contribution >= 4 is 17.9 Å². The summed E-state index contributed by atoms with van der Waals surface area (Å²) in [5, 5.41) is 0. The maximum atomic E-state index is 12.7. The van der Waals surface area contributed by atoms with Crippen molar-refractivity contribution in [2.45, 2.75) is 245 Å². The summed E-state index contributed by atoms with van der Waals surface area (Å²) in [6, 6.07) is 0. The van der Waals surface area contributed by atoms with Crippen LogP contribution in [0.5, 0.6) is 0 Å². The summed E-state index contributed by atoms with van der Waals surface area (Å²) >= 11 is 0. The van der Waals surface area contributed by atoms with Gasteiger partial charge in [0.25, 0.3) is 0 Å². The lowest BCUT2D eigenvalue weighted by Crippen LogP contribution is -2.30. The van der Waals surface area contributed by atoms with E-state index in [1.54, 1.807) is 0 Å². The Morgan fingerprint density at radius 2 is 0.702 bits per heavy atom. The fourth-order valence-electron chi connectivity index (χ4n) is 6.67. The van der Waals surface area contributed by atoms with Crippen LogP contribution >= 0.6 is 0 Å². The molecule has 0 bridgehead atoms. The van der Waals surface area contributed by atoms with E-state index in [1.165, 1.54) is 96.3 Å². The van der Waals surface area contributed by atoms with Crippen LogP contribution in [-0.2, 0) is 28.6 Å². The van der Waals surface area contributed by atoms with Gasteiger partial charge in [-0.1, -0.05) is 198 Å². The van der Waals surface area contributed by atoms with Crippen molar-refractivity contribution in [1.82, 2.24) is 0 Å². The standard InChI is InChI=1S/C51H90O6/c1-4-7-10-13-16-19-22-24-25-27-30-33-36-39-42-45-51(54)57-48(46-55-49(52)43-40-37-34-31-28-21-18-15-12-9-6-3)47-56-50(53)44-41-38-35-32-29-26-23-20-17-14-11-8-5-2/h7,10,15-16,18-19,24-25,48H,4-6,8-9,11-14,17,20-23,26-47H2,1-3H3/b10-7-,18-15-,19-16-,25-24-/t48-/m1/s1. The van der Waals surface area contributed by atoms with Gasteiger partial charge in [-0.25, -0.2) is 0 Å². The smallest absolute Gasteiger partial charge is 0.306 e. The first kappa shape index (κ1) is 54.4. The van der Waals surface area contributed by atoms with E-state index in [2.05, 4.69) is 69.4 Å². The lowest BCUT2D eigenvalue weighted by molar-refractivity contribution is -0.167. The first-order valence-corrected chi connectivity index (χ1v) is 24.1. The molecule has 57 heavy (non-hydrogen) atoms. The van der Waals surface area contributed by atoms with E-state index in [9.17, 15) is 14.4 Å². The van der Waals surface area contributed by atoms with Crippen molar-refractivity contribution in [1.29, 1.82) is 0 Å². The van der Waals surface area contributed by atoms with E-state index in [0.717, 1.165) is 103 Å². The van der Waals surface area contributed by atoms with Crippen molar-refractivity contribution in [3.05, 3.63) is 48.6 Å². The van der Waals surface area contributed by atoms with Crippen LogP contribution in [0.3, 0.4) is 0 Å². The van der Waals surface area contributed by atoms with Gasteiger partial charge >= 0.3 is 17.9 Å². The monoisotopic (exact) mass is 799 g/mol. The van der Waals surface area contributed by atoms with Crippen LogP contribution in [0, 0.1) is 0 Å². The van der Waals surface area contributed by atoms with E-state index >= 15 is 0 Å². The predicted octanol–water partition coefficient (Wildman–Crippen LogP) is 15.5. The van der Waals surface area contributed by atoms with E-state index in [1.807, 2.05) is 0 Å². The zero-order valence-corrected chi connectivity index (χ0v) is 37.6. The van der Waals surface area contributed by atoms with Crippen molar-refractivity contribution in [2.75, 3.05) is 13.2 Å². The molecule has 0 amide bonds. The molecule has 0 aromatic carbocycles. The minimum absolute atomic E-state index is 0.0809. The van der Waals surface area contributed by atoms with Gasteiger partial charge in [0.05, 0.1) is 0 Å². The molecule has 0 aliphatic heterocycles. The Morgan fingerprint density at radius 3 is 1.14 bits per heavy atom. The lowest BCUT2D eigenvalue weighted by Gasteiger charge is -2.18. The Labute approximate surface area is 352 Å². The number of carbonyl (C=O) groups excluding carboxylic acids is 3. The minimum atomic E-state index is -0.781. The Balaban J connectivity index is 4.40. The van der Waals surface area contributed by atoms with Gasteiger partial charge in [0.1, 0.15) is 13.2 Å². The third-order valence-corrected chi connectivity index (χ3v) is 10.3. The summed E-state index contributed by atoms with van der Waals surface area (Å²) in [5.41, 5.74) is 0. The summed E-state index contributed by atoms with van der Waals surface area (Å²) in [5.74, 6) is -0.905. The highest BCUT2D eigenvalue weighted by Gasteiger charge is 2.19. The highest BCUT2D eigenvalue weighted by atomic mass is 16.6. The molecule has 0 N–H and O–H groups in total. The predicted molar refractivity (Wildman–Crippen MR) is 242 cm³/mol. The molecule has 0 aromatic rings. The largest absolute Gasteiger partial charge is 0.462 e. The average Bonchev–Trinajstić information content (AvgIpc) is 3.21. The molecule has 0 heterocycles. The Kier molecular flexibility index (Phi) is 43.9. The van der Waals surface area contributed by atoms with Crippen molar-refractivity contribution in [2.24, 2.45) is 0 Å². The number of hydrogen-bond donors (Lipinski definition) is 0. The van der Waals surface area contributed by atoms with Crippen LogP contribution in [0.1, 0.15) is 239 Å². The molecule has 0 saturated heterocycles. The summed E-state index contributed by atoms with van der Waals surface area (Å²) in [4.78, 5) is 37.8. The topological polar surface area (TPSA) is 78.9 Å². The quantitative estimate of drug-likeness (QED) is 0.0265. The number of carbonyl (C=O) groups is 3. The lowest BCUT2D eigenvalue weighted by atomic mass is 10.0. The summed E-state index contributed by atoms with van der Waals surface area (Å²) in [6.45, 7) is 6.47. The van der Waals surface area contributed by atoms with Gasteiger partial charge in [0.2, 0.25) is 0 Å². The first-order valence-electron chi connectivity index (χ1n) is 24.1. The van der Waals surface area contributed by atoms with E-state index in [-0.39, 0.29) is 31.1 Å². The van der Waals surface area contributed by atoms with Crippen LogP contribution in [0.4, 0.5) is 0 Å². The van der Waals surface area contributed by atoms with E-state index in [4.69, 9.17) is 14.2 Å². The molecule has 1 atom stereocenters. The molecule has 0 fully saturated rings. The number of unbranched alkanes of at least 4 members (excludes halogenated alkanes) is 24. The second kappa shape index (κ2) is 46.1. The Bertz CT molecular complexity index is 1010. The van der Waals surface area contributed by atoms with Crippen LogP contribution in [0.25, 0.3) is 0 Å². The second-order valence-corrected chi connectivity index (χ2v) is 16.0. The fourth-order valence-corrected chi connectivity index (χ4v) is 6.67. The second-order valence-electron chi connectivity index (χ2n) is 16.0. The number of rotatable bonds is 43. The van der Waals surface area contributed by atoms with Crippen LogP contribution in [-0.4, -0.2) is 37.2 Å². The SMILES string of the molecule is CC/C=C\C/C=C\C/C=C\CCCCCCCC(=O)O[C@H](COC(=O)CCCCCCC/C=C\CCCC)COC(=O)CCCCCCCCCCCCCCC. The molecule has 6 heteroatoms. The third-order valence-electron chi connectivity index (χ3n) is 10.3. The zero-order valence-electron chi connectivity index (χ0n) is 37.6. The van der Waals surface area contributed by atoms with Crippen molar-refractivity contribution < 1.29 is 28.6 Å². The van der Waals surface area contributed by atoms with Crippen LogP contribution in [0.2, 0.25) is 0 Å². The number of esters is 3. The maximum absolute atomic E-state index is 12.7. The third kappa shape index (κ3) is 44.3. The average molecular weight is 799 g/mol. The molecular weight excluding hydrogens is 709 g/mol. The molecule has 0 saturated carbocycles. The summed E-state index contributed by atoms with van der Waals surface area (Å²) < 4.78 is 16.7. The van der Waals surface area contributed by atoms with Gasteiger partial charge in [-0.15, -0.1) is 0 Å². The van der Waals surface area contributed by atoms with E-state index < -0.39 is 6.10 Å². The molecule has 0 aliphatic carbocycles. The molecule has 0 aromatic heterocycles. The zero-order chi connectivity index (χ0) is 41.5. The molecule has 0 rings (SSSR count). The summed E-state index contributed by atoms with van der Waals surface area (Å²) in [7, 11) is 0. The number of ether oxygens (including phenoxy) is 3. The highest BCUT2D eigenvalue weighted by molar-refractivity contribution is 5.71.